The van der Waals surface area contributed by atoms with Gasteiger partial charge in [-0.1, -0.05) is 48.0 Å². The second kappa shape index (κ2) is 10.3. The molecular formula is C25H24ClN5O3S. The van der Waals surface area contributed by atoms with Gasteiger partial charge in [-0.25, -0.2) is 27.6 Å². The maximum atomic E-state index is 12.3. The van der Waals surface area contributed by atoms with E-state index in [2.05, 4.69) is 27.5 Å². The number of carbonyl (C=O) groups is 1. The van der Waals surface area contributed by atoms with Gasteiger partial charge in [0.2, 0.25) is 0 Å². The Hall–Kier alpha value is -3.69. The summed E-state index contributed by atoms with van der Waals surface area (Å²) in [6, 6.07) is 18.6. The lowest BCUT2D eigenvalue weighted by molar-refractivity contribution is 0.246. The Bertz CT molecular complexity index is 1440. The van der Waals surface area contributed by atoms with Crippen molar-refractivity contribution in [2.45, 2.75) is 25.2 Å². The summed E-state index contributed by atoms with van der Waals surface area (Å²) >= 11 is 5.78. The molecule has 0 saturated carbocycles. The average Bonchev–Trinajstić information content (AvgIpc) is 3.13. The molecule has 0 aliphatic carbocycles. The summed E-state index contributed by atoms with van der Waals surface area (Å²) in [5.74, 6) is 0.691. The lowest BCUT2D eigenvalue weighted by Crippen LogP contribution is -2.40. The van der Waals surface area contributed by atoms with Crippen LogP contribution in [0.5, 0.6) is 0 Å². The second-order valence-corrected chi connectivity index (χ2v) is 10.0. The number of rotatable bonds is 7. The van der Waals surface area contributed by atoms with E-state index < -0.39 is 16.1 Å². The molecule has 0 atom stereocenters. The number of nitrogens with one attached hydrogen (secondary N) is 2. The number of aromatic nitrogens is 3. The monoisotopic (exact) mass is 509 g/mol. The van der Waals surface area contributed by atoms with E-state index >= 15 is 0 Å². The van der Waals surface area contributed by atoms with Crippen LogP contribution < -0.4 is 10.0 Å². The van der Waals surface area contributed by atoms with Crippen LogP contribution in [-0.2, 0) is 16.4 Å². The molecule has 35 heavy (non-hydrogen) atoms. The van der Waals surface area contributed by atoms with Gasteiger partial charge in [0.1, 0.15) is 0 Å². The zero-order chi connectivity index (χ0) is 25.0. The van der Waals surface area contributed by atoms with Gasteiger partial charge in [0, 0.05) is 23.3 Å². The first-order valence-corrected chi connectivity index (χ1v) is 12.7. The zero-order valence-corrected chi connectivity index (χ0v) is 20.8. The first kappa shape index (κ1) is 24.4. The second-order valence-electron chi connectivity index (χ2n) is 7.91. The normalized spacial score (nSPS) is 11.3. The third kappa shape index (κ3) is 5.70. The lowest BCUT2D eigenvalue weighted by Gasteiger charge is -2.09. The average molecular weight is 510 g/mol. The minimum Gasteiger partial charge on any atom is -0.337 e. The quantitative estimate of drug-likeness (QED) is 0.383. The standard InChI is InChI=1S/C25H24ClN5O3S/c1-17-24(20-6-4-3-5-7-20)18(2)31(29-17)23-13-8-19(16-28-23)14-15-27-25(32)30-35(33,34)22-11-9-21(26)10-12-22/h3-13,16H,14-15H2,1-2H3,(H2,27,30,32). The number of benzene rings is 2. The Morgan fingerprint density at radius 3 is 2.37 bits per heavy atom. The molecule has 2 aromatic heterocycles. The smallest absolute Gasteiger partial charge is 0.328 e. The van der Waals surface area contributed by atoms with Crippen LogP contribution in [0.4, 0.5) is 4.79 Å². The summed E-state index contributed by atoms with van der Waals surface area (Å²) < 4.78 is 28.3. The predicted octanol–water partition coefficient (Wildman–Crippen LogP) is 4.44. The molecule has 2 amide bonds. The number of amides is 2. The minimum absolute atomic E-state index is 0.0450. The van der Waals surface area contributed by atoms with Gasteiger partial charge in [0.25, 0.3) is 10.0 Å². The maximum Gasteiger partial charge on any atom is 0.328 e. The Kier molecular flexibility index (Phi) is 7.18. The van der Waals surface area contributed by atoms with E-state index in [1.165, 1.54) is 24.3 Å². The van der Waals surface area contributed by atoms with Crippen molar-refractivity contribution in [1.82, 2.24) is 24.8 Å². The van der Waals surface area contributed by atoms with Gasteiger partial charge in [0.15, 0.2) is 5.82 Å². The van der Waals surface area contributed by atoms with Crippen molar-refractivity contribution in [3.63, 3.8) is 0 Å². The van der Waals surface area contributed by atoms with Crippen molar-refractivity contribution in [3.8, 4) is 16.9 Å². The van der Waals surface area contributed by atoms with Crippen LogP contribution in [0.2, 0.25) is 5.02 Å². The number of hydrogen-bond donors (Lipinski definition) is 2. The topological polar surface area (TPSA) is 106 Å². The van der Waals surface area contributed by atoms with E-state index in [0.29, 0.717) is 17.3 Å². The molecule has 4 aromatic rings. The molecule has 10 heteroatoms. The van der Waals surface area contributed by atoms with Crippen molar-refractivity contribution in [2.75, 3.05) is 6.54 Å². The fourth-order valence-corrected chi connectivity index (χ4v) is 4.78. The van der Waals surface area contributed by atoms with Gasteiger partial charge in [-0.15, -0.1) is 0 Å². The SMILES string of the molecule is Cc1nn(-c2ccc(CCNC(=O)NS(=O)(=O)c3ccc(Cl)cc3)cn2)c(C)c1-c1ccccc1. The number of nitrogens with zero attached hydrogens (tertiary/aromatic N) is 3. The molecule has 8 nitrogen and oxygen atoms in total. The molecule has 0 unspecified atom stereocenters. The van der Waals surface area contributed by atoms with Crippen molar-refractivity contribution < 1.29 is 13.2 Å². The fraction of sp³-hybridized carbons (Fsp3) is 0.160. The largest absolute Gasteiger partial charge is 0.337 e. The first-order valence-electron chi connectivity index (χ1n) is 10.9. The number of sulfonamides is 1. The minimum atomic E-state index is -3.98. The first-order chi connectivity index (χ1) is 16.7. The third-order valence-electron chi connectivity index (χ3n) is 5.43. The van der Waals surface area contributed by atoms with Gasteiger partial charge in [-0.2, -0.15) is 5.10 Å². The Morgan fingerprint density at radius 2 is 1.71 bits per heavy atom. The third-order valence-corrected chi connectivity index (χ3v) is 7.03. The molecule has 0 fully saturated rings. The van der Waals surface area contributed by atoms with Gasteiger partial charge < -0.3 is 5.32 Å². The number of halogens is 1. The van der Waals surface area contributed by atoms with E-state index in [-0.39, 0.29) is 11.4 Å². The van der Waals surface area contributed by atoms with Crippen LogP contribution in [0, 0.1) is 13.8 Å². The number of urea groups is 1. The van der Waals surface area contributed by atoms with E-state index in [4.69, 9.17) is 11.6 Å². The van der Waals surface area contributed by atoms with E-state index in [1.807, 2.05) is 53.6 Å². The lowest BCUT2D eigenvalue weighted by atomic mass is 10.0. The Balaban J connectivity index is 1.36. The summed E-state index contributed by atoms with van der Waals surface area (Å²) in [4.78, 5) is 16.5. The Labute approximate surface area is 209 Å². The van der Waals surface area contributed by atoms with Crippen LogP contribution in [0.25, 0.3) is 16.9 Å². The van der Waals surface area contributed by atoms with E-state index in [1.54, 1.807) is 6.20 Å². The Morgan fingerprint density at radius 1 is 1.00 bits per heavy atom. The highest BCUT2D eigenvalue weighted by atomic mass is 35.5. The van der Waals surface area contributed by atoms with Gasteiger partial charge in [0.05, 0.1) is 16.3 Å². The highest BCUT2D eigenvalue weighted by Gasteiger charge is 2.17. The summed E-state index contributed by atoms with van der Waals surface area (Å²) in [7, 11) is -3.98. The van der Waals surface area contributed by atoms with Crippen LogP contribution in [0.15, 0.2) is 77.8 Å². The molecular weight excluding hydrogens is 486 g/mol. The summed E-state index contributed by atoms with van der Waals surface area (Å²) in [5.41, 5.74) is 4.99. The van der Waals surface area contributed by atoms with Crippen molar-refractivity contribution in [1.29, 1.82) is 0 Å². The summed E-state index contributed by atoms with van der Waals surface area (Å²) in [5, 5.41) is 7.62. The highest BCUT2D eigenvalue weighted by Crippen LogP contribution is 2.28. The summed E-state index contributed by atoms with van der Waals surface area (Å²) in [6.45, 7) is 4.23. The van der Waals surface area contributed by atoms with Crippen molar-refractivity contribution in [3.05, 3.63) is 94.9 Å². The molecule has 180 valence electrons. The van der Waals surface area contributed by atoms with Gasteiger partial charge >= 0.3 is 6.03 Å². The summed E-state index contributed by atoms with van der Waals surface area (Å²) in [6.07, 6.45) is 2.20. The van der Waals surface area contributed by atoms with Gasteiger partial charge in [-0.05, 0) is 61.7 Å². The highest BCUT2D eigenvalue weighted by molar-refractivity contribution is 7.90. The molecule has 0 radical (unpaired) electrons. The molecule has 2 N–H and O–H groups in total. The van der Waals surface area contributed by atoms with Crippen LogP contribution >= 0.6 is 11.6 Å². The van der Waals surface area contributed by atoms with Crippen molar-refractivity contribution >= 4 is 27.7 Å². The molecule has 0 spiro atoms. The molecule has 2 aromatic carbocycles. The predicted molar refractivity (Wildman–Crippen MR) is 135 cm³/mol. The molecule has 0 bridgehead atoms. The van der Waals surface area contributed by atoms with E-state index in [0.717, 1.165) is 28.1 Å². The number of pyridine rings is 1. The molecule has 4 rings (SSSR count). The molecule has 2 heterocycles. The van der Waals surface area contributed by atoms with Crippen LogP contribution in [0.3, 0.4) is 0 Å². The van der Waals surface area contributed by atoms with Gasteiger partial charge in [-0.3, -0.25) is 0 Å². The molecule has 0 saturated heterocycles. The number of aryl methyl sites for hydroxylation is 1. The van der Waals surface area contributed by atoms with Crippen LogP contribution in [-0.4, -0.2) is 35.8 Å². The maximum absolute atomic E-state index is 12.3. The number of carbonyl (C=O) groups excluding carboxylic acids is 1. The number of hydrogen-bond acceptors (Lipinski definition) is 5. The molecule has 0 aliphatic heterocycles. The van der Waals surface area contributed by atoms with E-state index in [9.17, 15) is 13.2 Å². The fourth-order valence-electron chi connectivity index (χ4n) is 3.73. The van der Waals surface area contributed by atoms with Crippen molar-refractivity contribution in [2.24, 2.45) is 0 Å². The van der Waals surface area contributed by atoms with Crippen LogP contribution in [0.1, 0.15) is 17.0 Å². The molecule has 0 aliphatic rings. The zero-order valence-electron chi connectivity index (χ0n) is 19.2.